The van der Waals surface area contributed by atoms with Crippen LogP contribution in [0, 0.1) is 34.5 Å². The van der Waals surface area contributed by atoms with Gasteiger partial charge in [-0.15, -0.1) is 0 Å². The molecule has 2 bridgehead atoms. The molecule has 4 rings (SSSR count). The van der Waals surface area contributed by atoms with Gasteiger partial charge >= 0.3 is 23.9 Å². The number of hydrogen-bond acceptors (Lipinski definition) is 8. The smallest absolute Gasteiger partial charge is 0.335 e. The number of carbonyl (C=O) groups is 4. The predicted molar refractivity (Wildman–Crippen MR) is 105 cm³/mol. The van der Waals surface area contributed by atoms with E-state index < -0.39 is 46.5 Å². The van der Waals surface area contributed by atoms with Crippen LogP contribution in [0.4, 0.5) is 0 Å². The van der Waals surface area contributed by atoms with E-state index in [0.717, 1.165) is 0 Å². The molecule has 4 aliphatic rings. The van der Waals surface area contributed by atoms with Crippen molar-refractivity contribution in [3.05, 3.63) is 33.9 Å². The molecule has 9 heteroatoms. The van der Waals surface area contributed by atoms with E-state index in [-0.39, 0.29) is 23.0 Å². The molecule has 0 N–H and O–H groups in total. The third-order valence-corrected chi connectivity index (χ3v) is 7.97. The Kier molecular flexibility index (Phi) is 4.72. The van der Waals surface area contributed by atoms with Crippen LogP contribution in [0.5, 0.6) is 0 Å². The maximum absolute atomic E-state index is 13.4. The topological polar surface area (TPSA) is 105 Å². The number of ether oxygens (including phenoxy) is 4. The minimum atomic E-state index is -1.39. The molecule has 8 nitrogen and oxygen atoms in total. The highest BCUT2D eigenvalue weighted by Gasteiger charge is 2.89. The molecule has 0 aliphatic heterocycles. The van der Waals surface area contributed by atoms with E-state index in [2.05, 4.69) is 15.9 Å². The Balaban J connectivity index is 2.07. The van der Waals surface area contributed by atoms with E-state index >= 15 is 0 Å². The van der Waals surface area contributed by atoms with Crippen LogP contribution in [0.15, 0.2) is 33.9 Å². The zero-order valence-electron chi connectivity index (χ0n) is 16.9. The van der Waals surface area contributed by atoms with Crippen LogP contribution in [0.2, 0.25) is 0 Å². The molecule has 0 heterocycles. The summed E-state index contributed by atoms with van der Waals surface area (Å²) in [5, 5.41) is 0. The van der Waals surface area contributed by atoms with Crippen molar-refractivity contribution in [3.63, 3.8) is 0 Å². The van der Waals surface area contributed by atoms with Gasteiger partial charge in [-0.25, -0.2) is 9.59 Å². The van der Waals surface area contributed by atoms with E-state index in [1.165, 1.54) is 34.5 Å². The zero-order valence-corrected chi connectivity index (χ0v) is 18.5. The van der Waals surface area contributed by atoms with Crippen LogP contribution in [-0.2, 0) is 38.1 Å². The van der Waals surface area contributed by atoms with E-state index in [1.807, 2.05) is 12.2 Å². The number of fused-ring (bicyclic) bond motifs is 8. The number of methoxy groups -OCH3 is 4. The Hall–Kier alpha value is -2.42. The summed E-state index contributed by atoms with van der Waals surface area (Å²) < 4.78 is 20.6. The number of halogens is 1. The first-order valence-corrected chi connectivity index (χ1v) is 10.2. The summed E-state index contributed by atoms with van der Waals surface area (Å²) >= 11 is 3.36. The van der Waals surface area contributed by atoms with Gasteiger partial charge in [-0.3, -0.25) is 9.59 Å². The van der Waals surface area contributed by atoms with E-state index in [4.69, 9.17) is 18.9 Å². The highest BCUT2D eigenvalue weighted by molar-refractivity contribution is 9.12. The van der Waals surface area contributed by atoms with Crippen molar-refractivity contribution in [3.8, 4) is 0 Å². The van der Waals surface area contributed by atoms with Gasteiger partial charge in [-0.05, 0) is 24.3 Å². The summed E-state index contributed by atoms with van der Waals surface area (Å²) in [7, 11) is 4.98. The second-order valence-electron chi connectivity index (χ2n) is 7.85. The fourth-order valence-corrected chi connectivity index (χ4v) is 7.19. The van der Waals surface area contributed by atoms with Gasteiger partial charge in [0.15, 0.2) is 0 Å². The molecule has 2 saturated carbocycles. The van der Waals surface area contributed by atoms with Crippen molar-refractivity contribution in [1.82, 2.24) is 0 Å². The monoisotopic (exact) mass is 480 g/mol. The van der Waals surface area contributed by atoms with E-state index in [0.29, 0.717) is 10.9 Å². The van der Waals surface area contributed by atoms with Crippen LogP contribution in [0.25, 0.3) is 0 Å². The SMILES string of the molecule is COC(=O)C1=CC(Br)=C(C(=O)OC)[C@@H]2[C@H]1[C@@]1(C(=O)OC)[C@@H]3C=C[C@@H](C3)[C@@]21C(=O)OC. The Morgan fingerprint density at radius 2 is 1.33 bits per heavy atom. The van der Waals surface area contributed by atoms with Crippen LogP contribution in [-0.4, -0.2) is 52.3 Å². The van der Waals surface area contributed by atoms with Crippen molar-refractivity contribution in [1.29, 1.82) is 0 Å². The lowest BCUT2D eigenvalue weighted by atomic mass is 9.32. The molecule has 0 unspecified atom stereocenters. The van der Waals surface area contributed by atoms with Gasteiger partial charge in [0.2, 0.25) is 0 Å². The Bertz CT molecular complexity index is 962. The summed E-state index contributed by atoms with van der Waals surface area (Å²) in [5.41, 5.74) is -2.38. The maximum atomic E-state index is 13.4. The van der Waals surface area contributed by atoms with Gasteiger partial charge in [0.05, 0.1) is 44.8 Å². The van der Waals surface area contributed by atoms with Gasteiger partial charge in [0.25, 0.3) is 0 Å². The van der Waals surface area contributed by atoms with Gasteiger partial charge in [0.1, 0.15) is 0 Å². The molecule has 0 aromatic rings. The first-order valence-electron chi connectivity index (χ1n) is 9.41. The molecular weight excluding hydrogens is 460 g/mol. The Labute approximate surface area is 181 Å². The van der Waals surface area contributed by atoms with Crippen molar-refractivity contribution >= 4 is 39.8 Å². The lowest BCUT2D eigenvalue weighted by Crippen LogP contribution is -2.76. The summed E-state index contributed by atoms with van der Waals surface area (Å²) in [6.45, 7) is 0. The standard InChI is InChI=1S/C21H21BrO8/c1-27-16(23)11-8-12(22)13(17(24)28-2)15-14(11)20(18(25)29-3)9-5-6-10(7-9)21(15,20)19(26)30-4/h5-6,8-10,14-15H,7H2,1-4H3/t9-,10+,14+,15-,20-,21+/m1/s1. The van der Waals surface area contributed by atoms with Crippen LogP contribution < -0.4 is 0 Å². The average molecular weight is 481 g/mol. The number of hydrogen-bond donors (Lipinski definition) is 0. The maximum Gasteiger partial charge on any atom is 0.335 e. The van der Waals surface area contributed by atoms with Gasteiger partial charge in [0, 0.05) is 21.9 Å². The molecular formula is C21H21BrO8. The van der Waals surface area contributed by atoms with Crippen molar-refractivity contribution in [2.75, 3.05) is 28.4 Å². The molecule has 30 heavy (non-hydrogen) atoms. The number of rotatable bonds is 4. The minimum absolute atomic E-state index is 0.195. The van der Waals surface area contributed by atoms with Gasteiger partial charge in [-0.2, -0.15) is 0 Å². The van der Waals surface area contributed by atoms with Crippen LogP contribution in [0.1, 0.15) is 6.42 Å². The zero-order chi connectivity index (χ0) is 22.0. The lowest BCUT2D eigenvalue weighted by Gasteiger charge is -2.67. The molecule has 160 valence electrons. The Morgan fingerprint density at radius 3 is 1.80 bits per heavy atom. The van der Waals surface area contributed by atoms with E-state index in [1.54, 1.807) is 0 Å². The largest absolute Gasteiger partial charge is 0.469 e. The number of carbonyl (C=O) groups excluding carboxylic acids is 4. The van der Waals surface area contributed by atoms with Crippen molar-refractivity contribution < 1.29 is 38.1 Å². The fourth-order valence-electron chi connectivity index (χ4n) is 6.54. The highest BCUT2D eigenvalue weighted by Crippen LogP contribution is 2.83. The molecule has 0 amide bonds. The molecule has 2 fully saturated rings. The molecule has 0 saturated heterocycles. The van der Waals surface area contributed by atoms with Crippen LogP contribution >= 0.6 is 15.9 Å². The molecule has 6 atom stereocenters. The Morgan fingerprint density at radius 1 is 0.833 bits per heavy atom. The molecule has 0 spiro atoms. The summed E-state index contributed by atoms with van der Waals surface area (Å²) in [6, 6.07) is 0. The molecule has 0 aromatic carbocycles. The second kappa shape index (κ2) is 6.80. The number of allylic oxidation sites excluding steroid dienone is 4. The normalized spacial score (nSPS) is 37.4. The highest BCUT2D eigenvalue weighted by atomic mass is 79.9. The molecule has 0 radical (unpaired) electrons. The summed E-state index contributed by atoms with van der Waals surface area (Å²) in [5.74, 6) is -4.82. The van der Waals surface area contributed by atoms with Crippen molar-refractivity contribution in [2.24, 2.45) is 34.5 Å². The average Bonchev–Trinajstić information content (AvgIpc) is 3.31. The third kappa shape index (κ3) is 2.01. The first-order chi connectivity index (χ1) is 14.3. The van der Waals surface area contributed by atoms with Gasteiger partial charge < -0.3 is 18.9 Å². The summed E-state index contributed by atoms with van der Waals surface area (Å²) in [4.78, 5) is 52.2. The summed E-state index contributed by atoms with van der Waals surface area (Å²) in [6.07, 6.45) is 5.76. The quantitative estimate of drug-likeness (QED) is 0.340. The van der Waals surface area contributed by atoms with Crippen molar-refractivity contribution in [2.45, 2.75) is 6.42 Å². The second-order valence-corrected chi connectivity index (χ2v) is 8.71. The third-order valence-electron chi connectivity index (χ3n) is 7.31. The van der Waals surface area contributed by atoms with Crippen LogP contribution in [0.3, 0.4) is 0 Å². The molecule has 4 aliphatic carbocycles. The minimum Gasteiger partial charge on any atom is -0.469 e. The lowest BCUT2D eigenvalue weighted by molar-refractivity contribution is -0.230. The number of esters is 4. The predicted octanol–water partition coefficient (Wildman–Crippen LogP) is 1.69. The first kappa shape index (κ1) is 20.8. The van der Waals surface area contributed by atoms with Gasteiger partial charge in [-0.1, -0.05) is 28.1 Å². The van der Waals surface area contributed by atoms with E-state index in [9.17, 15) is 19.2 Å². The fraction of sp³-hybridized carbons (Fsp3) is 0.524. The molecule has 0 aromatic heterocycles.